The van der Waals surface area contributed by atoms with Gasteiger partial charge in [0.15, 0.2) is 0 Å². The Morgan fingerprint density at radius 2 is 2.00 bits per heavy atom. The van der Waals surface area contributed by atoms with Gasteiger partial charge in [-0.3, -0.25) is 9.20 Å². The second-order valence-corrected chi connectivity index (χ2v) is 6.45. The summed E-state index contributed by atoms with van der Waals surface area (Å²) in [4.78, 5) is 17.3. The zero-order valence-electron chi connectivity index (χ0n) is 15.0. The normalized spacial score (nSPS) is 10.9. The number of pyridine rings is 1. The first-order chi connectivity index (χ1) is 12.6. The fraction of sp³-hybridized carbons (Fsp3) is 0.300. The monoisotopic (exact) mass is 371 g/mol. The smallest absolute Gasteiger partial charge is 0.274 e. The van der Waals surface area contributed by atoms with Gasteiger partial charge < -0.3 is 10.1 Å². The first-order valence-electron chi connectivity index (χ1n) is 8.83. The number of anilines is 1. The molecule has 6 heteroatoms. The van der Waals surface area contributed by atoms with Crippen LogP contribution in [0.15, 0.2) is 42.6 Å². The Balaban J connectivity index is 1.78. The van der Waals surface area contributed by atoms with Crippen molar-refractivity contribution in [3.63, 3.8) is 0 Å². The van der Waals surface area contributed by atoms with Crippen LogP contribution < -0.4 is 10.1 Å². The Morgan fingerprint density at radius 1 is 1.23 bits per heavy atom. The summed E-state index contributed by atoms with van der Waals surface area (Å²) in [5.74, 6) is 0.603. The number of benzene rings is 1. The molecule has 0 atom stereocenters. The highest BCUT2D eigenvalue weighted by atomic mass is 35.5. The van der Waals surface area contributed by atoms with E-state index >= 15 is 0 Å². The number of fused-ring (bicyclic) bond motifs is 1. The molecular formula is C20H22ClN3O2. The minimum Gasteiger partial charge on any atom is -0.494 e. The van der Waals surface area contributed by atoms with Crippen LogP contribution in [0.3, 0.4) is 0 Å². The summed E-state index contributed by atoms with van der Waals surface area (Å²) < 4.78 is 7.41. The number of hydrogen-bond donors (Lipinski definition) is 1. The molecule has 0 fully saturated rings. The van der Waals surface area contributed by atoms with Gasteiger partial charge in [-0.15, -0.1) is 0 Å². The van der Waals surface area contributed by atoms with Crippen LogP contribution in [0, 0.1) is 0 Å². The fourth-order valence-corrected chi connectivity index (χ4v) is 2.87. The van der Waals surface area contributed by atoms with Gasteiger partial charge in [0.05, 0.1) is 12.3 Å². The highest BCUT2D eigenvalue weighted by Gasteiger charge is 2.18. The fourth-order valence-electron chi connectivity index (χ4n) is 2.71. The standard InChI is InChI=1S/C20H22ClN3O2/c1-3-5-12-26-16-8-6-15(7-9-16)22-20(25)19-17(4-2)23-18-13-14(21)10-11-24(18)19/h6-11,13H,3-5,12H2,1-2H3,(H,22,25). The number of imidazole rings is 1. The molecule has 2 heterocycles. The molecule has 3 aromatic rings. The van der Waals surface area contributed by atoms with E-state index in [9.17, 15) is 4.79 Å². The largest absolute Gasteiger partial charge is 0.494 e. The number of aryl methyl sites for hydroxylation is 1. The number of unbranched alkanes of at least 4 members (excludes halogenated alkanes) is 1. The van der Waals surface area contributed by atoms with E-state index in [4.69, 9.17) is 16.3 Å². The zero-order valence-corrected chi connectivity index (χ0v) is 15.7. The summed E-state index contributed by atoms with van der Waals surface area (Å²) in [5, 5.41) is 3.53. The van der Waals surface area contributed by atoms with E-state index in [1.165, 1.54) is 0 Å². The van der Waals surface area contributed by atoms with Gasteiger partial charge in [-0.25, -0.2) is 4.98 Å². The van der Waals surface area contributed by atoms with E-state index in [0.29, 0.717) is 35.1 Å². The SMILES string of the molecule is CCCCOc1ccc(NC(=O)c2c(CC)nc3cc(Cl)ccn23)cc1. The Morgan fingerprint density at radius 3 is 2.69 bits per heavy atom. The van der Waals surface area contributed by atoms with Crippen molar-refractivity contribution < 1.29 is 9.53 Å². The number of nitrogens with zero attached hydrogens (tertiary/aromatic N) is 2. The predicted molar refractivity (Wildman–Crippen MR) is 104 cm³/mol. The number of amides is 1. The van der Waals surface area contributed by atoms with Crippen LogP contribution in [-0.2, 0) is 6.42 Å². The average molecular weight is 372 g/mol. The second-order valence-electron chi connectivity index (χ2n) is 6.01. The molecular weight excluding hydrogens is 350 g/mol. The number of rotatable bonds is 7. The molecule has 0 aliphatic rings. The lowest BCUT2D eigenvalue weighted by atomic mass is 10.2. The molecule has 3 rings (SSSR count). The van der Waals surface area contributed by atoms with Crippen LogP contribution in [0.25, 0.3) is 5.65 Å². The molecule has 136 valence electrons. The van der Waals surface area contributed by atoms with Crippen LogP contribution in [0.1, 0.15) is 42.9 Å². The van der Waals surface area contributed by atoms with Gasteiger partial charge in [0.25, 0.3) is 5.91 Å². The summed E-state index contributed by atoms with van der Waals surface area (Å²) in [6.45, 7) is 4.80. The first-order valence-corrected chi connectivity index (χ1v) is 9.20. The van der Waals surface area contributed by atoms with Crippen molar-refractivity contribution in [2.24, 2.45) is 0 Å². The van der Waals surface area contributed by atoms with E-state index in [1.807, 2.05) is 31.2 Å². The summed E-state index contributed by atoms with van der Waals surface area (Å²) in [7, 11) is 0. The molecule has 26 heavy (non-hydrogen) atoms. The second kappa shape index (κ2) is 8.23. The van der Waals surface area contributed by atoms with Crippen LogP contribution in [-0.4, -0.2) is 21.9 Å². The van der Waals surface area contributed by atoms with Crippen LogP contribution in [0.2, 0.25) is 5.02 Å². The Labute approximate surface area is 158 Å². The lowest BCUT2D eigenvalue weighted by molar-refractivity contribution is 0.102. The quantitative estimate of drug-likeness (QED) is 0.596. The van der Waals surface area contributed by atoms with Crippen molar-refractivity contribution in [2.75, 3.05) is 11.9 Å². The summed E-state index contributed by atoms with van der Waals surface area (Å²) >= 11 is 6.03. The number of hydrogen-bond acceptors (Lipinski definition) is 3. The van der Waals surface area contributed by atoms with Crippen LogP contribution >= 0.6 is 11.6 Å². The molecule has 1 N–H and O–H groups in total. The van der Waals surface area contributed by atoms with Gasteiger partial charge >= 0.3 is 0 Å². The van der Waals surface area contributed by atoms with Gasteiger partial charge in [0.2, 0.25) is 0 Å². The van der Waals surface area contributed by atoms with Crippen LogP contribution in [0.4, 0.5) is 5.69 Å². The van der Waals surface area contributed by atoms with Gasteiger partial charge in [-0.05, 0) is 43.2 Å². The Bertz CT molecular complexity index is 903. The minimum atomic E-state index is -0.198. The summed E-state index contributed by atoms with van der Waals surface area (Å²) in [6.07, 6.45) is 4.55. The number of halogens is 1. The first kappa shape index (κ1) is 18.3. The molecule has 2 aromatic heterocycles. The van der Waals surface area contributed by atoms with E-state index in [-0.39, 0.29) is 5.91 Å². The molecule has 0 spiro atoms. The summed E-state index contributed by atoms with van der Waals surface area (Å²) in [6, 6.07) is 10.9. The van der Waals surface area contributed by atoms with Gasteiger partial charge in [-0.2, -0.15) is 0 Å². The predicted octanol–water partition coefficient (Wildman–Crippen LogP) is 4.98. The van der Waals surface area contributed by atoms with Crippen molar-refractivity contribution in [1.29, 1.82) is 0 Å². The minimum absolute atomic E-state index is 0.198. The van der Waals surface area contributed by atoms with E-state index < -0.39 is 0 Å². The molecule has 0 aliphatic carbocycles. The van der Waals surface area contributed by atoms with E-state index in [2.05, 4.69) is 17.2 Å². The Hall–Kier alpha value is -2.53. The maximum Gasteiger partial charge on any atom is 0.274 e. The topological polar surface area (TPSA) is 55.6 Å². The molecule has 1 aromatic carbocycles. The third-order valence-corrected chi connectivity index (χ3v) is 4.32. The van der Waals surface area contributed by atoms with Crippen molar-refractivity contribution >= 4 is 28.8 Å². The molecule has 0 aliphatic heterocycles. The molecule has 0 saturated heterocycles. The molecule has 5 nitrogen and oxygen atoms in total. The highest BCUT2D eigenvalue weighted by molar-refractivity contribution is 6.30. The van der Waals surface area contributed by atoms with Crippen molar-refractivity contribution in [1.82, 2.24) is 9.38 Å². The van der Waals surface area contributed by atoms with Gasteiger partial charge in [0.1, 0.15) is 17.1 Å². The number of carbonyl (C=O) groups excluding carboxylic acids is 1. The highest BCUT2D eigenvalue weighted by Crippen LogP contribution is 2.20. The van der Waals surface area contributed by atoms with E-state index in [1.54, 1.807) is 22.7 Å². The number of aromatic nitrogens is 2. The lowest BCUT2D eigenvalue weighted by Gasteiger charge is -2.09. The van der Waals surface area contributed by atoms with Gasteiger partial charge in [-0.1, -0.05) is 31.9 Å². The van der Waals surface area contributed by atoms with Crippen molar-refractivity contribution in [3.8, 4) is 5.75 Å². The molecule has 0 saturated carbocycles. The lowest BCUT2D eigenvalue weighted by Crippen LogP contribution is -2.16. The third-order valence-electron chi connectivity index (χ3n) is 4.09. The Kier molecular flexibility index (Phi) is 5.78. The summed E-state index contributed by atoms with van der Waals surface area (Å²) in [5.41, 5.74) is 2.65. The van der Waals surface area contributed by atoms with Crippen LogP contribution in [0.5, 0.6) is 5.75 Å². The van der Waals surface area contributed by atoms with Gasteiger partial charge in [0, 0.05) is 23.0 Å². The zero-order chi connectivity index (χ0) is 18.5. The van der Waals surface area contributed by atoms with Crippen molar-refractivity contribution in [2.45, 2.75) is 33.1 Å². The molecule has 0 radical (unpaired) electrons. The number of nitrogens with one attached hydrogen (secondary N) is 1. The number of carbonyl (C=O) groups is 1. The molecule has 0 unspecified atom stereocenters. The van der Waals surface area contributed by atoms with E-state index in [0.717, 1.165) is 24.3 Å². The number of ether oxygens (including phenoxy) is 1. The maximum atomic E-state index is 12.8. The third kappa shape index (κ3) is 3.99. The molecule has 1 amide bonds. The van der Waals surface area contributed by atoms with Crippen molar-refractivity contribution in [3.05, 3.63) is 59.0 Å². The molecule has 0 bridgehead atoms. The average Bonchev–Trinajstić information content (AvgIpc) is 3.01. The maximum absolute atomic E-state index is 12.8.